The molecule has 0 aliphatic rings. The molecule has 2 N–H and O–H groups in total. The number of pyridine rings is 1. The molecule has 3 aromatic rings. The van der Waals surface area contributed by atoms with Crippen LogP contribution >= 0.6 is 23.2 Å². The van der Waals surface area contributed by atoms with Gasteiger partial charge in [0, 0.05) is 21.2 Å². The van der Waals surface area contributed by atoms with Crippen LogP contribution in [-0.4, -0.2) is 10.9 Å². The van der Waals surface area contributed by atoms with Gasteiger partial charge >= 0.3 is 0 Å². The van der Waals surface area contributed by atoms with E-state index in [1.54, 1.807) is 36.4 Å². The summed E-state index contributed by atoms with van der Waals surface area (Å²) in [4.78, 5) is 16.5. The average molecular weight is 375 g/mol. The van der Waals surface area contributed by atoms with E-state index in [1.807, 2.05) is 6.07 Å². The normalized spacial score (nSPS) is 12.0. The molecule has 0 radical (unpaired) electrons. The molecule has 0 aliphatic heterocycles. The smallest absolute Gasteiger partial charge is 0.231 e. The number of primary amides is 1. The molecule has 25 heavy (non-hydrogen) atoms. The van der Waals surface area contributed by atoms with Crippen molar-refractivity contribution in [3.05, 3.63) is 87.8 Å². The number of carbonyl (C=O) groups is 1. The van der Waals surface area contributed by atoms with Crippen molar-refractivity contribution in [3.63, 3.8) is 0 Å². The highest BCUT2D eigenvalue weighted by Gasteiger charge is 2.27. The van der Waals surface area contributed by atoms with Gasteiger partial charge in [0.15, 0.2) is 0 Å². The number of nitrogens with two attached hydrogens (primary N) is 1. The summed E-state index contributed by atoms with van der Waals surface area (Å²) in [6.07, 6.45) is 0. The van der Waals surface area contributed by atoms with Gasteiger partial charge in [-0.1, -0.05) is 47.5 Å². The zero-order chi connectivity index (χ0) is 18.0. The summed E-state index contributed by atoms with van der Waals surface area (Å²) in [5, 5.41) is 0.687. The number of aromatic nitrogens is 1. The molecule has 1 amide bonds. The van der Waals surface area contributed by atoms with Crippen LogP contribution < -0.4 is 5.73 Å². The summed E-state index contributed by atoms with van der Waals surface area (Å²) >= 11 is 12.1. The second kappa shape index (κ2) is 7.21. The number of carbonyl (C=O) groups excluding carboxylic acids is 1. The fourth-order valence-electron chi connectivity index (χ4n) is 2.64. The van der Waals surface area contributed by atoms with Crippen LogP contribution in [0.5, 0.6) is 0 Å². The molecular formula is C19H13Cl2FN2O. The number of hydrogen-bond donors (Lipinski definition) is 1. The van der Waals surface area contributed by atoms with Gasteiger partial charge in [0.2, 0.25) is 5.91 Å². The lowest BCUT2D eigenvalue weighted by Gasteiger charge is -2.16. The molecule has 1 heterocycles. The first kappa shape index (κ1) is 17.4. The minimum absolute atomic E-state index is 0.0208. The van der Waals surface area contributed by atoms with Crippen LogP contribution in [0.1, 0.15) is 17.2 Å². The van der Waals surface area contributed by atoms with Crippen LogP contribution in [0.3, 0.4) is 0 Å². The molecule has 3 nitrogen and oxygen atoms in total. The highest BCUT2D eigenvalue weighted by Crippen LogP contribution is 2.32. The van der Waals surface area contributed by atoms with Gasteiger partial charge in [-0.25, -0.2) is 4.39 Å². The molecule has 126 valence electrons. The maximum absolute atomic E-state index is 14.3. The van der Waals surface area contributed by atoms with Crippen molar-refractivity contribution in [1.82, 2.24) is 4.98 Å². The fourth-order valence-corrected chi connectivity index (χ4v) is 3.11. The van der Waals surface area contributed by atoms with Gasteiger partial charge in [0.1, 0.15) is 11.7 Å². The van der Waals surface area contributed by atoms with Crippen LogP contribution in [0.4, 0.5) is 4.39 Å². The lowest BCUT2D eigenvalue weighted by atomic mass is 9.93. The second-order valence-electron chi connectivity index (χ2n) is 5.43. The Bertz CT molecular complexity index is 926. The van der Waals surface area contributed by atoms with E-state index in [4.69, 9.17) is 28.9 Å². The fraction of sp³-hybridized carbons (Fsp3) is 0.0526. The van der Waals surface area contributed by atoms with Crippen LogP contribution in [-0.2, 0) is 4.79 Å². The van der Waals surface area contributed by atoms with Gasteiger partial charge in [-0.15, -0.1) is 0 Å². The first-order chi connectivity index (χ1) is 12.0. The Balaban J connectivity index is 2.13. The number of nitrogens with zero attached hydrogens (tertiary/aromatic N) is 1. The van der Waals surface area contributed by atoms with Crippen molar-refractivity contribution >= 4 is 29.1 Å². The maximum Gasteiger partial charge on any atom is 0.231 e. The Hall–Kier alpha value is -2.43. The van der Waals surface area contributed by atoms with Crippen molar-refractivity contribution in [1.29, 1.82) is 0 Å². The third-order valence-electron chi connectivity index (χ3n) is 3.76. The van der Waals surface area contributed by atoms with Crippen LogP contribution in [0.25, 0.3) is 11.3 Å². The number of halogens is 3. The van der Waals surface area contributed by atoms with Gasteiger partial charge in [0.05, 0.1) is 11.4 Å². The standard InChI is InChI=1S/C19H13Cl2FN2O/c20-12-5-1-4-11(10-12)15-8-3-9-16(24-15)18(19(23)25)17-13(21)6-2-7-14(17)22/h1-10,18H,(H2,23,25). The van der Waals surface area contributed by atoms with Crippen LogP contribution in [0.15, 0.2) is 60.7 Å². The Morgan fingerprint density at radius 2 is 1.76 bits per heavy atom. The number of rotatable bonds is 4. The number of benzene rings is 2. The summed E-state index contributed by atoms with van der Waals surface area (Å²) in [5.41, 5.74) is 7.23. The van der Waals surface area contributed by atoms with E-state index >= 15 is 0 Å². The predicted octanol–water partition coefficient (Wildman–Crippen LogP) is 4.81. The number of hydrogen-bond acceptors (Lipinski definition) is 2. The summed E-state index contributed by atoms with van der Waals surface area (Å²) in [6, 6.07) is 16.5. The van der Waals surface area contributed by atoms with Crippen molar-refractivity contribution in [2.75, 3.05) is 0 Å². The van der Waals surface area contributed by atoms with E-state index in [2.05, 4.69) is 4.98 Å². The molecule has 1 aromatic heterocycles. The highest BCUT2D eigenvalue weighted by atomic mass is 35.5. The lowest BCUT2D eigenvalue weighted by Crippen LogP contribution is -2.24. The van der Waals surface area contributed by atoms with Gasteiger partial charge in [0.25, 0.3) is 0 Å². The van der Waals surface area contributed by atoms with Gasteiger partial charge in [-0.05, 0) is 36.4 Å². The third-order valence-corrected chi connectivity index (χ3v) is 4.32. The maximum atomic E-state index is 14.3. The third kappa shape index (κ3) is 3.65. The van der Waals surface area contributed by atoms with Crippen LogP contribution in [0, 0.1) is 5.82 Å². The van der Waals surface area contributed by atoms with Crippen molar-refractivity contribution in [2.24, 2.45) is 5.73 Å². The Labute approximate surface area is 154 Å². The van der Waals surface area contributed by atoms with Gasteiger partial charge in [-0.3, -0.25) is 9.78 Å². The van der Waals surface area contributed by atoms with Crippen LogP contribution in [0.2, 0.25) is 10.0 Å². The minimum atomic E-state index is -1.09. The zero-order valence-electron chi connectivity index (χ0n) is 12.9. The second-order valence-corrected chi connectivity index (χ2v) is 6.27. The molecular weight excluding hydrogens is 362 g/mol. The monoisotopic (exact) mass is 374 g/mol. The first-order valence-corrected chi connectivity index (χ1v) is 8.19. The Morgan fingerprint density at radius 1 is 1.04 bits per heavy atom. The molecule has 6 heteroatoms. The zero-order valence-corrected chi connectivity index (χ0v) is 14.4. The molecule has 1 atom stereocenters. The molecule has 3 rings (SSSR count). The minimum Gasteiger partial charge on any atom is -0.369 e. The molecule has 0 saturated heterocycles. The molecule has 2 aromatic carbocycles. The Kier molecular flexibility index (Phi) is 5.02. The van der Waals surface area contributed by atoms with Crippen molar-refractivity contribution in [3.8, 4) is 11.3 Å². The van der Waals surface area contributed by atoms with Crippen molar-refractivity contribution in [2.45, 2.75) is 5.92 Å². The molecule has 1 unspecified atom stereocenters. The number of amides is 1. The van der Waals surface area contributed by atoms with E-state index in [9.17, 15) is 9.18 Å². The summed E-state index contributed by atoms with van der Waals surface area (Å²) < 4.78 is 14.3. The summed E-state index contributed by atoms with van der Waals surface area (Å²) in [5.74, 6) is -2.43. The highest BCUT2D eigenvalue weighted by molar-refractivity contribution is 6.31. The lowest BCUT2D eigenvalue weighted by molar-refractivity contribution is -0.118. The SMILES string of the molecule is NC(=O)C(c1cccc(-c2cccc(Cl)c2)n1)c1c(F)cccc1Cl. The summed E-state index contributed by atoms with van der Waals surface area (Å²) in [7, 11) is 0. The predicted molar refractivity (Wildman–Crippen MR) is 97.1 cm³/mol. The largest absolute Gasteiger partial charge is 0.369 e. The molecule has 0 saturated carbocycles. The molecule has 0 aliphatic carbocycles. The van der Waals surface area contributed by atoms with Gasteiger partial charge in [-0.2, -0.15) is 0 Å². The molecule has 0 fully saturated rings. The van der Waals surface area contributed by atoms with E-state index in [-0.39, 0.29) is 10.6 Å². The van der Waals surface area contributed by atoms with Gasteiger partial charge < -0.3 is 5.73 Å². The van der Waals surface area contributed by atoms with E-state index < -0.39 is 17.6 Å². The first-order valence-electron chi connectivity index (χ1n) is 7.43. The Morgan fingerprint density at radius 3 is 2.44 bits per heavy atom. The summed E-state index contributed by atoms with van der Waals surface area (Å²) in [6.45, 7) is 0. The van der Waals surface area contributed by atoms with E-state index in [1.165, 1.54) is 18.2 Å². The molecule has 0 spiro atoms. The molecule has 0 bridgehead atoms. The topological polar surface area (TPSA) is 56.0 Å². The average Bonchev–Trinajstić information content (AvgIpc) is 2.58. The quantitative estimate of drug-likeness (QED) is 0.711. The van der Waals surface area contributed by atoms with Crippen molar-refractivity contribution < 1.29 is 9.18 Å². The van der Waals surface area contributed by atoms with E-state index in [0.29, 0.717) is 16.4 Å². The van der Waals surface area contributed by atoms with E-state index in [0.717, 1.165) is 5.56 Å².